The fraction of sp³-hybridized carbons (Fsp3) is 0.100. The van der Waals surface area contributed by atoms with Gasteiger partial charge in [0.05, 0.1) is 10.7 Å². The van der Waals surface area contributed by atoms with Crippen molar-refractivity contribution in [1.82, 2.24) is 15.0 Å². The van der Waals surface area contributed by atoms with Gasteiger partial charge in [-0.2, -0.15) is 9.97 Å². The van der Waals surface area contributed by atoms with Gasteiger partial charge in [0.15, 0.2) is 0 Å². The lowest BCUT2D eigenvalue weighted by molar-refractivity contribution is 0.398. The monoisotopic (exact) mass is 362 g/mol. The average Bonchev–Trinajstić information content (AvgIpc) is 2.34. The molecule has 1 N–H and O–H groups in total. The van der Waals surface area contributed by atoms with E-state index in [1.54, 1.807) is 19.4 Å². The van der Waals surface area contributed by atoms with E-state index >= 15 is 0 Å². The van der Waals surface area contributed by atoms with Crippen LogP contribution in [0.25, 0.3) is 0 Å². The van der Waals surface area contributed by atoms with Crippen LogP contribution in [0.2, 0.25) is 5.28 Å². The van der Waals surface area contributed by atoms with Gasteiger partial charge in [-0.25, -0.2) is 4.98 Å². The van der Waals surface area contributed by atoms with Crippen molar-refractivity contribution < 1.29 is 4.74 Å². The van der Waals surface area contributed by atoms with Gasteiger partial charge in [0.25, 0.3) is 0 Å². The fourth-order valence-corrected chi connectivity index (χ4v) is 1.68. The third kappa shape index (κ3) is 3.16. The lowest BCUT2D eigenvalue weighted by atomic mass is 10.4. The molecule has 0 aliphatic heterocycles. The number of nitrogens with zero attached hydrogens (tertiary/aromatic N) is 3. The molecule has 0 amide bonds. The van der Waals surface area contributed by atoms with E-state index in [0.29, 0.717) is 17.5 Å². The first kappa shape index (κ1) is 12.3. The summed E-state index contributed by atoms with van der Waals surface area (Å²) in [6, 6.07) is 5.42. The second kappa shape index (κ2) is 5.46. The average molecular weight is 363 g/mol. The van der Waals surface area contributed by atoms with Gasteiger partial charge in [0, 0.05) is 12.3 Å². The number of pyridine rings is 1. The van der Waals surface area contributed by atoms with Crippen molar-refractivity contribution in [3.8, 4) is 5.88 Å². The van der Waals surface area contributed by atoms with Gasteiger partial charge < -0.3 is 10.1 Å². The van der Waals surface area contributed by atoms with Crippen molar-refractivity contribution in [3.05, 3.63) is 33.2 Å². The molecular formula is C10H8ClIN4O. The largest absolute Gasteiger partial charge is 0.481 e. The molecule has 0 atom stereocenters. The number of aromatic nitrogens is 3. The lowest BCUT2D eigenvalue weighted by Gasteiger charge is -2.07. The number of halogens is 2. The van der Waals surface area contributed by atoms with Crippen molar-refractivity contribution in [1.29, 1.82) is 0 Å². The second-order valence-corrected chi connectivity index (χ2v) is 4.53. The zero-order valence-electron chi connectivity index (χ0n) is 8.82. The van der Waals surface area contributed by atoms with E-state index in [9.17, 15) is 0 Å². The van der Waals surface area contributed by atoms with E-state index < -0.39 is 0 Å². The summed E-state index contributed by atoms with van der Waals surface area (Å²) in [5.41, 5.74) is 0. The van der Waals surface area contributed by atoms with Gasteiger partial charge in [-0.15, -0.1) is 0 Å². The van der Waals surface area contributed by atoms with Gasteiger partial charge in [-0.05, 0) is 40.3 Å². The van der Waals surface area contributed by atoms with E-state index in [0.717, 1.165) is 3.57 Å². The zero-order chi connectivity index (χ0) is 12.3. The van der Waals surface area contributed by atoms with Crippen LogP contribution in [-0.4, -0.2) is 22.1 Å². The Labute approximate surface area is 117 Å². The molecule has 0 radical (unpaired) electrons. The van der Waals surface area contributed by atoms with Crippen LogP contribution in [-0.2, 0) is 0 Å². The smallest absolute Gasteiger partial charge is 0.224 e. The normalized spacial score (nSPS) is 10.1. The molecule has 17 heavy (non-hydrogen) atoms. The molecule has 0 aromatic carbocycles. The molecule has 0 aliphatic rings. The zero-order valence-corrected chi connectivity index (χ0v) is 11.7. The van der Waals surface area contributed by atoms with Crippen LogP contribution in [0, 0.1) is 3.57 Å². The molecule has 0 unspecified atom stereocenters. The molecule has 2 rings (SSSR count). The first-order chi connectivity index (χ1) is 8.19. The number of nitrogens with one attached hydrogen (secondary N) is 1. The molecule has 0 saturated heterocycles. The highest BCUT2D eigenvalue weighted by Gasteiger charge is 2.05. The summed E-state index contributed by atoms with van der Waals surface area (Å²) >= 11 is 7.85. The Kier molecular flexibility index (Phi) is 3.95. The van der Waals surface area contributed by atoms with Crippen molar-refractivity contribution in [3.63, 3.8) is 0 Å². The predicted molar refractivity (Wildman–Crippen MR) is 73.8 cm³/mol. The molecule has 0 bridgehead atoms. The predicted octanol–water partition coefficient (Wildman–Crippen LogP) is 2.88. The molecule has 5 nitrogen and oxygen atoms in total. The van der Waals surface area contributed by atoms with Crippen LogP contribution in [0.5, 0.6) is 5.88 Å². The first-order valence-electron chi connectivity index (χ1n) is 4.65. The Hall–Kier alpha value is -1.15. The van der Waals surface area contributed by atoms with E-state index in [-0.39, 0.29) is 5.28 Å². The van der Waals surface area contributed by atoms with Crippen LogP contribution < -0.4 is 10.1 Å². The maximum atomic E-state index is 5.73. The minimum atomic E-state index is 0.191. The Morgan fingerprint density at radius 3 is 2.94 bits per heavy atom. The molecule has 7 heteroatoms. The van der Waals surface area contributed by atoms with Crippen LogP contribution in [0.1, 0.15) is 0 Å². The van der Waals surface area contributed by atoms with E-state index in [1.165, 1.54) is 0 Å². The van der Waals surface area contributed by atoms with Gasteiger partial charge in [-0.1, -0.05) is 6.07 Å². The SMILES string of the molecule is COc1cccc(Nc2nc(Cl)ncc2I)n1. The number of anilines is 2. The maximum absolute atomic E-state index is 5.73. The molecule has 88 valence electrons. The van der Waals surface area contributed by atoms with E-state index in [2.05, 4.69) is 42.9 Å². The van der Waals surface area contributed by atoms with Crippen molar-refractivity contribution >= 4 is 45.8 Å². The molecule has 0 saturated carbocycles. The number of hydrogen-bond donors (Lipinski definition) is 1. The highest BCUT2D eigenvalue weighted by Crippen LogP contribution is 2.21. The minimum absolute atomic E-state index is 0.191. The van der Waals surface area contributed by atoms with Crippen molar-refractivity contribution in [2.45, 2.75) is 0 Å². The van der Waals surface area contributed by atoms with Crippen LogP contribution in [0.3, 0.4) is 0 Å². The van der Waals surface area contributed by atoms with E-state index in [4.69, 9.17) is 16.3 Å². The third-order valence-electron chi connectivity index (χ3n) is 1.89. The van der Waals surface area contributed by atoms with Gasteiger partial charge in [0.2, 0.25) is 11.2 Å². The molecule has 2 aromatic heterocycles. The summed E-state index contributed by atoms with van der Waals surface area (Å²) < 4.78 is 5.89. The topological polar surface area (TPSA) is 59.9 Å². The number of ether oxygens (including phenoxy) is 1. The number of hydrogen-bond acceptors (Lipinski definition) is 5. The highest BCUT2D eigenvalue weighted by atomic mass is 127. The van der Waals surface area contributed by atoms with Crippen molar-refractivity contribution in [2.75, 3.05) is 12.4 Å². The Balaban J connectivity index is 2.27. The van der Waals surface area contributed by atoms with Gasteiger partial charge >= 0.3 is 0 Å². The third-order valence-corrected chi connectivity index (χ3v) is 2.87. The second-order valence-electron chi connectivity index (χ2n) is 3.03. The first-order valence-corrected chi connectivity index (χ1v) is 6.11. The summed E-state index contributed by atoms with van der Waals surface area (Å²) in [7, 11) is 1.57. The highest BCUT2D eigenvalue weighted by molar-refractivity contribution is 14.1. The molecule has 0 aliphatic carbocycles. The molecular weight excluding hydrogens is 354 g/mol. The summed E-state index contributed by atoms with van der Waals surface area (Å²) in [5, 5.41) is 3.24. The Bertz CT molecular complexity index is 537. The molecule has 2 aromatic rings. The van der Waals surface area contributed by atoms with E-state index in [1.807, 2.05) is 12.1 Å². The molecule has 2 heterocycles. The van der Waals surface area contributed by atoms with Crippen molar-refractivity contribution in [2.24, 2.45) is 0 Å². The number of rotatable bonds is 3. The quantitative estimate of drug-likeness (QED) is 0.672. The minimum Gasteiger partial charge on any atom is -0.481 e. The summed E-state index contributed by atoms with van der Waals surface area (Å²) in [6.07, 6.45) is 1.64. The summed E-state index contributed by atoms with van der Waals surface area (Å²) in [6.45, 7) is 0. The Morgan fingerprint density at radius 2 is 2.18 bits per heavy atom. The van der Waals surface area contributed by atoms with Crippen LogP contribution in [0.15, 0.2) is 24.4 Å². The fourth-order valence-electron chi connectivity index (χ4n) is 1.15. The standard InChI is InChI=1S/C10H8ClIN4O/c1-17-8-4-2-3-7(14-8)15-9-6(12)5-13-10(11)16-9/h2-5H,1H3,(H,13,14,15,16). The van der Waals surface area contributed by atoms with Gasteiger partial charge in [0.1, 0.15) is 11.6 Å². The summed E-state index contributed by atoms with van der Waals surface area (Å²) in [4.78, 5) is 12.2. The van der Waals surface area contributed by atoms with Crippen LogP contribution in [0.4, 0.5) is 11.6 Å². The summed E-state index contributed by atoms with van der Waals surface area (Å²) in [5.74, 6) is 1.79. The van der Waals surface area contributed by atoms with Crippen LogP contribution >= 0.6 is 34.2 Å². The Morgan fingerprint density at radius 1 is 1.35 bits per heavy atom. The lowest BCUT2D eigenvalue weighted by Crippen LogP contribution is -2.00. The molecule has 0 fully saturated rings. The molecule has 0 spiro atoms. The maximum Gasteiger partial charge on any atom is 0.224 e. The number of methoxy groups -OCH3 is 1. The van der Waals surface area contributed by atoms with Gasteiger partial charge in [-0.3, -0.25) is 0 Å².